The van der Waals surface area contributed by atoms with E-state index in [-0.39, 0.29) is 30.0 Å². The van der Waals surface area contributed by atoms with E-state index in [1.807, 2.05) is 38.6 Å². The first kappa shape index (κ1) is 17.3. The number of ether oxygens (including phenoxy) is 1. The van der Waals surface area contributed by atoms with Crippen LogP contribution in [0.1, 0.15) is 64.7 Å². The molecule has 1 aliphatic carbocycles. The molecule has 0 bridgehead atoms. The van der Waals surface area contributed by atoms with Crippen molar-refractivity contribution in [3.8, 4) is 0 Å². The second kappa shape index (κ2) is 5.94. The lowest BCUT2D eigenvalue weighted by Gasteiger charge is -2.32. The van der Waals surface area contributed by atoms with Gasteiger partial charge in [0, 0.05) is 11.8 Å². The first-order chi connectivity index (χ1) is 11.8. The van der Waals surface area contributed by atoms with Crippen LogP contribution >= 0.6 is 0 Å². The Morgan fingerprint density at radius 2 is 1.92 bits per heavy atom. The number of hydrogen-bond acceptors (Lipinski definition) is 5. The van der Waals surface area contributed by atoms with Gasteiger partial charge in [0.15, 0.2) is 0 Å². The van der Waals surface area contributed by atoms with Crippen molar-refractivity contribution < 1.29 is 19.2 Å². The lowest BCUT2D eigenvalue weighted by Crippen LogP contribution is -2.41. The molecule has 7 heteroatoms. The molecule has 1 N–H and O–H groups in total. The predicted molar refractivity (Wildman–Crippen MR) is 94.0 cm³/mol. The van der Waals surface area contributed by atoms with Crippen molar-refractivity contribution in [2.24, 2.45) is 0 Å². The molecule has 2 aliphatic heterocycles. The Kier molecular flexibility index (Phi) is 4.11. The number of nitrogens with zero attached hydrogens (tertiary/aromatic N) is 2. The fraction of sp³-hybridized carbons (Fsp3) is 0.722. The van der Waals surface area contributed by atoms with Crippen molar-refractivity contribution in [3.05, 3.63) is 29.5 Å². The monoisotopic (exact) mass is 346 g/mol. The average Bonchev–Trinajstić information content (AvgIpc) is 3.24. The molecule has 3 aliphatic rings. The minimum absolute atomic E-state index is 0.0237. The summed E-state index contributed by atoms with van der Waals surface area (Å²) in [5.74, 6) is 0. The van der Waals surface area contributed by atoms with Gasteiger partial charge in [-0.05, 0) is 52.4 Å². The Morgan fingerprint density at radius 1 is 1.24 bits per heavy atom. The largest absolute Gasteiger partial charge is 0.490 e. The summed E-state index contributed by atoms with van der Waals surface area (Å²) in [6, 6.07) is 0.539. The molecule has 0 aromatic carbocycles. The number of hydrogen-bond donors (Lipinski definition) is 1. The second-order valence-corrected chi connectivity index (χ2v) is 8.38. The van der Waals surface area contributed by atoms with Gasteiger partial charge < -0.3 is 19.2 Å². The Morgan fingerprint density at radius 3 is 2.52 bits per heavy atom. The van der Waals surface area contributed by atoms with Crippen molar-refractivity contribution >= 4 is 7.12 Å². The Labute approximate surface area is 149 Å². The van der Waals surface area contributed by atoms with Gasteiger partial charge in [0.1, 0.15) is 6.10 Å². The van der Waals surface area contributed by atoms with Crippen molar-refractivity contribution in [2.45, 2.75) is 76.4 Å². The van der Waals surface area contributed by atoms with Crippen molar-refractivity contribution in [1.29, 1.82) is 0 Å². The van der Waals surface area contributed by atoms with E-state index in [4.69, 9.17) is 14.0 Å². The maximum Gasteiger partial charge on any atom is 0.490 e. The van der Waals surface area contributed by atoms with Crippen molar-refractivity contribution in [1.82, 2.24) is 9.78 Å². The van der Waals surface area contributed by atoms with Crippen LogP contribution in [0.25, 0.3) is 0 Å². The Balaban J connectivity index is 1.58. The first-order valence-electron chi connectivity index (χ1n) is 9.16. The molecule has 2 atom stereocenters. The summed E-state index contributed by atoms with van der Waals surface area (Å²) in [7, 11) is -0.399. The molecule has 25 heavy (non-hydrogen) atoms. The molecular formula is C18H27BN2O4. The third kappa shape index (κ3) is 3.19. The minimum Gasteiger partial charge on any atom is -0.400 e. The lowest BCUT2D eigenvalue weighted by atomic mass is 9.73. The van der Waals surface area contributed by atoms with Crippen LogP contribution in [-0.2, 0) is 14.0 Å². The van der Waals surface area contributed by atoms with Crippen LogP contribution in [0, 0.1) is 0 Å². The van der Waals surface area contributed by atoms with Crippen LogP contribution in [0.5, 0.6) is 0 Å². The average molecular weight is 346 g/mol. The van der Waals surface area contributed by atoms with Crippen LogP contribution < -0.4 is 0 Å². The van der Waals surface area contributed by atoms with E-state index in [9.17, 15) is 5.11 Å². The van der Waals surface area contributed by atoms with Gasteiger partial charge in [-0.25, -0.2) is 0 Å². The summed E-state index contributed by atoms with van der Waals surface area (Å²) in [5.41, 5.74) is 1.29. The van der Waals surface area contributed by atoms with Gasteiger partial charge in [0.25, 0.3) is 0 Å². The molecule has 136 valence electrons. The summed E-state index contributed by atoms with van der Waals surface area (Å²) >= 11 is 0. The topological polar surface area (TPSA) is 65.7 Å². The molecule has 2 fully saturated rings. The van der Waals surface area contributed by atoms with E-state index in [1.54, 1.807) is 0 Å². The van der Waals surface area contributed by atoms with Gasteiger partial charge in [0.05, 0.1) is 36.2 Å². The maximum atomic E-state index is 9.67. The smallest absolute Gasteiger partial charge is 0.400 e. The summed E-state index contributed by atoms with van der Waals surface area (Å²) in [6.45, 7) is 8.17. The molecule has 1 aromatic heterocycles. The SMILES string of the molecule is CC1(C)OB(C2=C[C@H](c3cnn(C4CC4)c3)O[C@H](CO)C2)OC1(C)C. The predicted octanol–water partition coefficient (Wildman–Crippen LogP) is 2.60. The van der Waals surface area contributed by atoms with Gasteiger partial charge >= 0.3 is 7.12 Å². The standard InChI is InChI=1S/C18H27BN2O4/c1-17(2)18(3,4)25-19(24-17)13-7-15(11-22)23-16(8-13)12-9-20-21(10-12)14-5-6-14/h8-10,14-16,22H,5-7,11H2,1-4H3/t15-,16+/m0/s1. The quantitative estimate of drug-likeness (QED) is 0.849. The van der Waals surface area contributed by atoms with Crippen molar-refractivity contribution in [2.75, 3.05) is 6.61 Å². The molecule has 6 nitrogen and oxygen atoms in total. The van der Waals surface area contributed by atoms with Crippen LogP contribution in [0.15, 0.2) is 23.9 Å². The Hall–Kier alpha value is -1.15. The molecule has 0 unspecified atom stereocenters. The summed E-state index contributed by atoms with van der Waals surface area (Å²) in [5, 5.41) is 14.1. The number of rotatable bonds is 4. The van der Waals surface area contributed by atoms with E-state index in [0.29, 0.717) is 12.5 Å². The van der Waals surface area contributed by atoms with E-state index >= 15 is 0 Å². The third-order valence-corrected chi connectivity index (χ3v) is 5.80. The minimum atomic E-state index is -0.399. The molecule has 0 amide bonds. The molecule has 1 aromatic rings. The zero-order valence-corrected chi connectivity index (χ0v) is 15.4. The third-order valence-electron chi connectivity index (χ3n) is 5.80. The first-order valence-corrected chi connectivity index (χ1v) is 9.16. The van der Waals surface area contributed by atoms with Crippen LogP contribution in [-0.4, -0.2) is 45.9 Å². The highest BCUT2D eigenvalue weighted by Crippen LogP contribution is 2.42. The Bertz CT molecular complexity index is 664. The van der Waals surface area contributed by atoms with Gasteiger partial charge in [0.2, 0.25) is 0 Å². The fourth-order valence-electron chi connectivity index (χ4n) is 3.31. The molecule has 1 saturated heterocycles. The highest BCUT2D eigenvalue weighted by atomic mass is 16.7. The van der Waals surface area contributed by atoms with E-state index in [0.717, 1.165) is 11.0 Å². The molecule has 1 saturated carbocycles. The van der Waals surface area contributed by atoms with Gasteiger partial charge in [-0.15, -0.1) is 0 Å². The number of aliphatic hydroxyl groups excluding tert-OH is 1. The zero-order valence-electron chi connectivity index (χ0n) is 15.4. The maximum absolute atomic E-state index is 9.67. The molecule has 0 radical (unpaired) electrons. The summed E-state index contributed by atoms with van der Waals surface area (Å²) in [6.07, 6.45) is 8.51. The summed E-state index contributed by atoms with van der Waals surface area (Å²) in [4.78, 5) is 0. The van der Waals surface area contributed by atoms with Crippen LogP contribution in [0.2, 0.25) is 0 Å². The normalized spacial score (nSPS) is 31.2. The van der Waals surface area contributed by atoms with E-state index < -0.39 is 7.12 Å². The molecule has 3 heterocycles. The lowest BCUT2D eigenvalue weighted by molar-refractivity contribution is -0.0276. The number of aliphatic hydroxyl groups is 1. The van der Waals surface area contributed by atoms with Crippen LogP contribution in [0.3, 0.4) is 0 Å². The fourth-order valence-corrected chi connectivity index (χ4v) is 3.31. The second-order valence-electron chi connectivity index (χ2n) is 8.38. The zero-order chi connectivity index (χ0) is 17.8. The summed E-state index contributed by atoms with van der Waals surface area (Å²) < 4.78 is 20.4. The van der Waals surface area contributed by atoms with E-state index in [2.05, 4.69) is 17.4 Å². The number of aromatic nitrogens is 2. The van der Waals surface area contributed by atoms with Crippen molar-refractivity contribution in [3.63, 3.8) is 0 Å². The molecule has 4 rings (SSSR count). The highest BCUT2D eigenvalue weighted by molar-refractivity contribution is 6.54. The van der Waals surface area contributed by atoms with Crippen LogP contribution in [0.4, 0.5) is 0 Å². The van der Waals surface area contributed by atoms with Gasteiger partial charge in [-0.2, -0.15) is 5.10 Å². The van der Waals surface area contributed by atoms with Gasteiger partial charge in [-0.3, -0.25) is 4.68 Å². The highest BCUT2D eigenvalue weighted by Gasteiger charge is 2.53. The van der Waals surface area contributed by atoms with Gasteiger partial charge in [-0.1, -0.05) is 6.08 Å². The molecule has 0 spiro atoms. The molecular weight excluding hydrogens is 319 g/mol. The van der Waals surface area contributed by atoms with E-state index in [1.165, 1.54) is 12.8 Å².